The fourth-order valence-electron chi connectivity index (χ4n) is 1.09. The number of hydrogen-bond donors (Lipinski definition) is 2. The van der Waals surface area contributed by atoms with E-state index in [0.717, 1.165) is 18.7 Å². The lowest BCUT2D eigenvalue weighted by Gasteiger charge is -2.12. The topological polar surface area (TPSA) is 49.8 Å². The van der Waals surface area contributed by atoms with Crippen molar-refractivity contribution in [3.8, 4) is 0 Å². The third-order valence-electron chi connectivity index (χ3n) is 1.78. The highest BCUT2D eigenvalue weighted by atomic mass is 15.0. The molecule has 1 atom stereocenters. The molecule has 0 fully saturated rings. The molecule has 72 valence electrons. The average molecular weight is 180 g/mol. The maximum Gasteiger partial charge on any atom is 0.115 e. The van der Waals surface area contributed by atoms with E-state index in [4.69, 9.17) is 0 Å². The normalized spacial score (nSPS) is 12.8. The summed E-state index contributed by atoms with van der Waals surface area (Å²) in [4.78, 5) is 7.88. The molecule has 0 amide bonds. The van der Waals surface area contributed by atoms with E-state index in [1.165, 1.54) is 0 Å². The van der Waals surface area contributed by atoms with Crippen LogP contribution in [-0.4, -0.2) is 29.6 Å². The van der Waals surface area contributed by atoms with E-state index in [9.17, 15) is 0 Å². The number of nitrogens with one attached hydrogen (secondary N) is 2. The minimum Gasteiger partial charge on any atom is -0.318 e. The van der Waals surface area contributed by atoms with Gasteiger partial charge in [-0.15, -0.1) is 0 Å². The van der Waals surface area contributed by atoms with Gasteiger partial charge in [-0.05, 0) is 14.0 Å². The van der Waals surface area contributed by atoms with Crippen molar-refractivity contribution in [2.75, 3.05) is 13.6 Å². The van der Waals surface area contributed by atoms with Gasteiger partial charge in [0.05, 0.1) is 0 Å². The number of hydrogen-bond acceptors (Lipinski definition) is 4. The van der Waals surface area contributed by atoms with Crippen LogP contribution in [0.25, 0.3) is 0 Å². The Bertz CT molecular complexity index is 224. The molecule has 1 unspecified atom stereocenters. The minimum atomic E-state index is 0.463. The number of aromatic nitrogens is 2. The van der Waals surface area contributed by atoms with Crippen molar-refractivity contribution in [2.45, 2.75) is 19.5 Å². The Morgan fingerprint density at radius 2 is 2.08 bits per heavy atom. The molecule has 0 aliphatic carbocycles. The monoisotopic (exact) mass is 180 g/mol. The number of rotatable bonds is 5. The van der Waals surface area contributed by atoms with E-state index in [-0.39, 0.29) is 0 Å². The van der Waals surface area contributed by atoms with E-state index in [2.05, 4.69) is 27.5 Å². The highest BCUT2D eigenvalue weighted by Gasteiger charge is 1.98. The van der Waals surface area contributed by atoms with Gasteiger partial charge in [0.1, 0.15) is 6.33 Å². The number of nitrogens with zero attached hydrogens (tertiary/aromatic N) is 2. The first-order valence-electron chi connectivity index (χ1n) is 4.45. The van der Waals surface area contributed by atoms with Crippen LogP contribution in [0.1, 0.15) is 12.5 Å². The largest absolute Gasteiger partial charge is 0.318 e. The van der Waals surface area contributed by atoms with Crippen LogP contribution < -0.4 is 10.6 Å². The SMILES string of the molecule is CNCC(C)NCc1cncnc1. The molecule has 0 aromatic carbocycles. The highest BCUT2D eigenvalue weighted by molar-refractivity contribution is 5.01. The molecule has 0 saturated carbocycles. The van der Waals surface area contributed by atoms with Crippen LogP contribution in [0.3, 0.4) is 0 Å². The summed E-state index contributed by atoms with van der Waals surface area (Å²) in [5.74, 6) is 0. The summed E-state index contributed by atoms with van der Waals surface area (Å²) in [5, 5.41) is 6.47. The molecule has 4 nitrogen and oxygen atoms in total. The fraction of sp³-hybridized carbons (Fsp3) is 0.556. The Morgan fingerprint density at radius 3 is 2.69 bits per heavy atom. The first-order valence-corrected chi connectivity index (χ1v) is 4.45. The van der Waals surface area contributed by atoms with Crippen LogP contribution in [0, 0.1) is 0 Å². The molecule has 1 rings (SSSR count). The van der Waals surface area contributed by atoms with Crippen molar-refractivity contribution in [1.82, 2.24) is 20.6 Å². The summed E-state index contributed by atoms with van der Waals surface area (Å²) in [5.41, 5.74) is 1.12. The van der Waals surface area contributed by atoms with Crippen molar-refractivity contribution in [2.24, 2.45) is 0 Å². The molecule has 0 saturated heterocycles. The lowest BCUT2D eigenvalue weighted by atomic mass is 10.3. The van der Waals surface area contributed by atoms with Gasteiger partial charge in [0.2, 0.25) is 0 Å². The molecule has 0 bridgehead atoms. The Kier molecular flexibility index (Phi) is 4.35. The van der Waals surface area contributed by atoms with Gasteiger partial charge in [-0.3, -0.25) is 0 Å². The van der Waals surface area contributed by atoms with E-state index in [0.29, 0.717) is 6.04 Å². The smallest absolute Gasteiger partial charge is 0.115 e. The third-order valence-corrected chi connectivity index (χ3v) is 1.78. The van der Waals surface area contributed by atoms with Gasteiger partial charge in [-0.2, -0.15) is 0 Å². The first-order chi connectivity index (χ1) is 6.33. The second kappa shape index (κ2) is 5.61. The third kappa shape index (κ3) is 3.96. The molecule has 1 aromatic rings. The van der Waals surface area contributed by atoms with Crippen molar-refractivity contribution in [3.63, 3.8) is 0 Å². The first kappa shape index (κ1) is 10.1. The minimum absolute atomic E-state index is 0.463. The quantitative estimate of drug-likeness (QED) is 0.678. The van der Waals surface area contributed by atoms with E-state index in [1.54, 1.807) is 6.33 Å². The predicted octanol–water partition coefficient (Wildman–Crippen LogP) is 0.174. The van der Waals surface area contributed by atoms with Crippen molar-refractivity contribution >= 4 is 0 Å². The summed E-state index contributed by atoms with van der Waals surface area (Å²) < 4.78 is 0. The van der Waals surface area contributed by atoms with E-state index in [1.807, 2.05) is 19.4 Å². The van der Waals surface area contributed by atoms with E-state index < -0.39 is 0 Å². The molecule has 0 aliphatic rings. The maximum absolute atomic E-state index is 3.94. The molecule has 13 heavy (non-hydrogen) atoms. The predicted molar refractivity (Wildman–Crippen MR) is 52.3 cm³/mol. The highest BCUT2D eigenvalue weighted by Crippen LogP contribution is 1.92. The van der Waals surface area contributed by atoms with Gasteiger partial charge in [0.15, 0.2) is 0 Å². The summed E-state index contributed by atoms with van der Waals surface area (Å²) in [7, 11) is 1.95. The zero-order valence-corrected chi connectivity index (χ0v) is 8.12. The Morgan fingerprint density at radius 1 is 1.38 bits per heavy atom. The van der Waals surface area contributed by atoms with Gasteiger partial charge in [-0.25, -0.2) is 9.97 Å². The average Bonchev–Trinajstić information content (AvgIpc) is 2.17. The summed E-state index contributed by atoms with van der Waals surface area (Å²) in [6, 6.07) is 0.463. The summed E-state index contributed by atoms with van der Waals surface area (Å²) >= 11 is 0. The van der Waals surface area contributed by atoms with Gasteiger partial charge in [0, 0.05) is 37.1 Å². The Balaban J connectivity index is 2.27. The second-order valence-electron chi connectivity index (χ2n) is 3.09. The molecule has 0 radical (unpaired) electrons. The lowest BCUT2D eigenvalue weighted by molar-refractivity contribution is 0.522. The number of likely N-dealkylation sites (N-methyl/N-ethyl adjacent to an activating group) is 1. The molecular weight excluding hydrogens is 164 g/mol. The van der Waals surface area contributed by atoms with Crippen molar-refractivity contribution < 1.29 is 0 Å². The van der Waals surface area contributed by atoms with Gasteiger partial charge in [0.25, 0.3) is 0 Å². The molecule has 0 aliphatic heterocycles. The molecule has 1 heterocycles. The zero-order chi connectivity index (χ0) is 9.52. The van der Waals surface area contributed by atoms with Crippen LogP contribution in [0.5, 0.6) is 0 Å². The zero-order valence-electron chi connectivity index (χ0n) is 8.12. The van der Waals surface area contributed by atoms with Crippen LogP contribution in [-0.2, 0) is 6.54 Å². The lowest BCUT2D eigenvalue weighted by Crippen LogP contribution is -2.34. The second-order valence-corrected chi connectivity index (χ2v) is 3.09. The standard InChI is InChI=1S/C9H16N4/c1-8(3-10-2)13-6-9-4-11-7-12-5-9/h4-5,7-8,10,13H,3,6H2,1-2H3. The van der Waals surface area contributed by atoms with Crippen molar-refractivity contribution in [1.29, 1.82) is 0 Å². The van der Waals surface area contributed by atoms with E-state index >= 15 is 0 Å². The maximum atomic E-state index is 3.94. The molecule has 0 spiro atoms. The van der Waals surface area contributed by atoms with Crippen LogP contribution in [0.4, 0.5) is 0 Å². The molecule has 1 aromatic heterocycles. The summed E-state index contributed by atoms with van der Waals surface area (Å²) in [6.45, 7) is 3.93. The molecular formula is C9H16N4. The van der Waals surface area contributed by atoms with Crippen LogP contribution in [0.2, 0.25) is 0 Å². The van der Waals surface area contributed by atoms with Gasteiger partial charge < -0.3 is 10.6 Å². The Labute approximate surface area is 78.8 Å². The van der Waals surface area contributed by atoms with Crippen molar-refractivity contribution in [3.05, 3.63) is 24.3 Å². The molecule has 4 heteroatoms. The van der Waals surface area contributed by atoms with Gasteiger partial charge in [-0.1, -0.05) is 0 Å². The summed E-state index contributed by atoms with van der Waals surface area (Å²) in [6.07, 6.45) is 5.19. The van der Waals surface area contributed by atoms with Crippen LogP contribution >= 0.6 is 0 Å². The molecule has 2 N–H and O–H groups in total. The Hall–Kier alpha value is -1.00. The fourth-order valence-corrected chi connectivity index (χ4v) is 1.09. The van der Waals surface area contributed by atoms with Crippen LogP contribution in [0.15, 0.2) is 18.7 Å². The van der Waals surface area contributed by atoms with Gasteiger partial charge >= 0.3 is 0 Å².